The van der Waals surface area contributed by atoms with E-state index in [1.165, 1.54) is 4.90 Å². The van der Waals surface area contributed by atoms with E-state index in [2.05, 4.69) is 5.32 Å². The van der Waals surface area contributed by atoms with Gasteiger partial charge in [-0.25, -0.2) is 0 Å². The van der Waals surface area contributed by atoms with Crippen molar-refractivity contribution in [2.75, 3.05) is 20.3 Å². The maximum atomic E-state index is 12.9. The number of halogens is 2. The van der Waals surface area contributed by atoms with Gasteiger partial charge in [-0.2, -0.15) is 0 Å². The van der Waals surface area contributed by atoms with Gasteiger partial charge in [0.25, 0.3) is 5.91 Å². The summed E-state index contributed by atoms with van der Waals surface area (Å²) in [6.45, 7) is 3.77. The summed E-state index contributed by atoms with van der Waals surface area (Å²) in [6.07, 6.45) is 0. The molecule has 2 aromatic rings. The maximum Gasteiger partial charge on any atom is 0.261 e. The van der Waals surface area contributed by atoms with Crippen molar-refractivity contribution in [2.45, 2.75) is 26.4 Å². The van der Waals surface area contributed by atoms with Crippen LogP contribution in [0, 0.1) is 0 Å². The molecule has 0 bridgehead atoms. The van der Waals surface area contributed by atoms with Gasteiger partial charge in [0.1, 0.15) is 17.5 Å². The largest absolute Gasteiger partial charge is 0.497 e. The molecule has 0 saturated carbocycles. The van der Waals surface area contributed by atoms with E-state index in [-0.39, 0.29) is 25.0 Å². The van der Waals surface area contributed by atoms with Gasteiger partial charge < -0.3 is 19.7 Å². The van der Waals surface area contributed by atoms with Crippen molar-refractivity contribution in [1.29, 1.82) is 0 Å². The number of likely N-dealkylation sites (N-methyl/N-ethyl adjacent to an activating group) is 1. The average Bonchev–Trinajstić information content (AvgIpc) is 2.72. The Morgan fingerprint density at radius 3 is 2.21 bits per heavy atom. The fourth-order valence-electron chi connectivity index (χ4n) is 2.66. The van der Waals surface area contributed by atoms with Crippen LogP contribution in [0.5, 0.6) is 11.5 Å². The summed E-state index contributed by atoms with van der Waals surface area (Å²) in [5.74, 6) is 0.563. The summed E-state index contributed by atoms with van der Waals surface area (Å²) in [6, 6.07) is 11.3. The standard InChI is InChI=1S/C21H24Cl2N2O4/c1-4-24-21(27)14(2)25(12-17-18(22)6-5-7-19(17)23)20(26)13-29-16-10-8-15(28-3)9-11-16/h5-11,14H,4,12-13H2,1-3H3,(H,24,27). The third kappa shape index (κ3) is 6.27. The van der Waals surface area contributed by atoms with Gasteiger partial charge in [0.2, 0.25) is 5.91 Å². The molecule has 2 rings (SSSR count). The SMILES string of the molecule is CCNC(=O)C(C)N(Cc1c(Cl)cccc1Cl)C(=O)COc1ccc(OC)cc1. The highest BCUT2D eigenvalue weighted by Gasteiger charge is 2.27. The molecule has 156 valence electrons. The summed E-state index contributed by atoms with van der Waals surface area (Å²) in [5, 5.41) is 3.58. The predicted octanol–water partition coefficient (Wildman–Crippen LogP) is 3.93. The third-order valence-corrected chi connectivity index (χ3v) is 5.04. The highest BCUT2D eigenvalue weighted by Crippen LogP contribution is 2.26. The van der Waals surface area contributed by atoms with Crippen LogP contribution >= 0.6 is 23.2 Å². The normalized spacial score (nSPS) is 11.5. The summed E-state index contributed by atoms with van der Waals surface area (Å²) >= 11 is 12.5. The van der Waals surface area contributed by atoms with Crippen LogP contribution in [0.15, 0.2) is 42.5 Å². The van der Waals surface area contributed by atoms with Crippen molar-refractivity contribution in [3.8, 4) is 11.5 Å². The molecule has 2 aromatic carbocycles. The van der Waals surface area contributed by atoms with Crippen LogP contribution in [0.1, 0.15) is 19.4 Å². The highest BCUT2D eigenvalue weighted by molar-refractivity contribution is 6.36. The van der Waals surface area contributed by atoms with Crippen molar-refractivity contribution >= 4 is 35.0 Å². The van der Waals surface area contributed by atoms with E-state index in [9.17, 15) is 9.59 Å². The molecular weight excluding hydrogens is 415 g/mol. The topological polar surface area (TPSA) is 67.9 Å². The second-order valence-corrected chi connectivity index (χ2v) is 7.07. The molecule has 1 N–H and O–H groups in total. The lowest BCUT2D eigenvalue weighted by atomic mass is 10.1. The number of nitrogens with one attached hydrogen (secondary N) is 1. The Kier molecular flexibility index (Phi) is 8.61. The third-order valence-electron chi connectivity index (χ3n) is 4.33. The maximum absolute atomic E-state index is 12.9. The van der Waals surface area contributed by atoms with Gasteiger partial charge in [-0.05, 0) is 50.2 Å². The number of nitrogens with zero attached hydrogens (tertiary/aromatic N) is 1. The number of amides is 2. The first-order chi connectivity index (χ1) is 13.9. The van der Waals surface area contributed by atoms with Crippen molar-refractivity contribution in [1.82, 2.24) is 10.2 Å². The summed E-state index contributed by atoms with van der Waals surface area (Å²) in [5.41, 5.74) is 0.574. The van der Waals surface area contributed by atoms with Crippen LogP contribution in [0.2, 0.25) is 10.0 Å². The second kappa shape index (κ2) is 10.9. The van der Waals surface area contributed by atoms with E-state index < -0.39 is 6.04 Å². The lowest BCUT2D eigenvalue weighted by molar-refractivity contribution is -0.142. The van der Waals surface area contributed by atoms with Gasteiger partial charge in [0, 0.05) is 28.7 Å². The molecule has 0 aliphatic carbocycles. The van der Waals surface area contributed by atoms with E-state index in [1.54, 1.807) is 56.5 Å². The molecule has 1 unspecified atom stereocenters. The first kappa shape index (κ1) is 22.8. The van der Waals surface area contributed by atoms with Crippen LogP contribution < -0.4 is 14.8 Å². The monoisotopic (exact) mass is 438 g/mol. The number of hydrogen-bond acceptors (Lipinski definition) is 4. The minimum Gasteiger partial charge on any atom is -0.497 e. The second-order valence-electron chi connectivity index (χ2n) is 6.26. The number of carbonyl (C=O) groups excluding carboxylic acids is 2. The quantitative estimate of drug-likeness (QED) is 0.643. The summed E-state index contributed by atoms with van der Waals surface area (Å²) in [4.78, 5) is 26.7. The van der Waals surface area contributed by atoms with E-state index >= 15 is 0 Å². The number of rotatable bonds is 9. The molecule has 1 atom stereocenters. The van der Waals surface area contributed by atoms with Gasteiger partial charge in [0.15, 0.2) is 6.61 Å². The van der Waals surface area contributed by atoms with E-state index in [0.717, 1.165) is 0 Å². The van der Waals surface area contributed by atoms with Crippen LogP contribution in [-0.4, -0.2) is 43.0 Å². The van der Waals surface area contributed by atoms with E-state index in [4.69, 9.17) is 32.7 Å². The van der Waals surface area contributed by atoms with Crippen LogP contribution in [0.4, 0.5) is 0 Å². The van der Waals surface area contributed by atoms with E-state index in [1.807, 2.05) is 6.92 Å². The minimum absolute atomic E-state index is 0.0849. The molecule has 0 aliphatic heterocycles. The Morgan fingerprint density at radius 1 is 1.07 bits per heavy atom. The first-order valence-corrected chi connectivity index (χ1v) is 9.89. The summed E-state index contributed by atoms with van der Waals surface area (Å²) < 4.78 is 10.7. The highest BCUT2D eigenvalue weighted by atomic mass is 35.5. The molecule has 6 nitrogen and oxygen atoms in total. The molecule has 0 radical (unpaired) electrons. The van der Waals surface area contributed by atoms with Gasteiger partial charge in [-0.1, -0.05) is 29.3 Å². The molecule has 0 fully saturated rings. The zero-order chi connectivity index (χ0) is 21.4. The Bertz CT molecular complexity index is 823. The molecular formula is C21H24Cl2N2O4. The summed E-state index contributed by atoms with van der Waals surface area (Å²) in [7, 11) is 1.57. The number of benzene rings is 2. The number of ether oxygens (including phenoxy) is 2. The lowest BCUT2D eigenvalue weighted by Gasteiger charge is -2.29. The fraction of sp³-hybridized carbons (Fsp3) is 0.333. The molecule has 0 spiro atoms. The molecule has 2 amide bonds. The van der Waals surface area contributed by atoms with Gasteiger partial charge >= 0.3 is 0 Å². The molecule has 0 aliphatic rings. The molecule has 29 heavy (non-hydrogen) atoms. The number of carbonyl (C=O) groups is 2. The van der Waals surface area contributed by atoms with Crippen molar-refractivity contribution in [2.24, 2.45) is 0 Å². The lowest BCUT2D eigenvalue weighted by Crippen LogP contribution is -2.49. The molecule has 0 aromatic heterocycles. The minimum atomic E-state index is -0.728. The fourth-order valence-corrected chi connectivity index (χ4v) is 3.18. The molecule has 8 heteroatoms. The van der Waals surface area contributed by atoms with Crippen molar-refractivity contribution in [3.63, 3.8) is 0 Å². The van der Waals surface area contributed by atoms with Crippen LogP contribution in [-0.2, 0) is 16.1 Å². The van der Waals surface area contributed by atoms with Gasteiger partial charge in [0.05, 0.1) is 7.11 Å². The number of hydrogen-bond donors (Lipinski definition) is 1. The Hall–Kier alpha value is -2.44. The Morgan fingerprint density at radius 2 is 1.66 bits per heavy atom. The molecule has 0 heterocycles. The Balaban J connectivity index is 2.18. The van der Waals surface area contributed by atoms with Crippen LogP contribution in [0.25, 0.3) is 0 Å². The number of methoxy groups -OCH3 is 1. The smallest absolute Gasteiger partial charge is 0.261 e. The van der Waals surface area contributed by atoms with Crippen molar-refractivity contribution < 1.29 is 19.1 Å². The zero-order valence-corrected chi connectivity index (χ0v) is 18.1. The van der Waals surface area contributed by atoms with Gasteiger partial charge in [-0.3, -0.25) is 9.59 Å². The van der Waals surface area contributed by atoms with E-state index in [0.29, 0.717) is 33.7 Å². The molecule has 0 saturated heterocycles. The average molecular weight is 439 g/mol. The van der Waals surface area contributed by atoms with Gasteiger partial charge in [-0.15, -0.1) is 0 Å². The van der Waals surface area contributed by atoms with Crippen molar-refractivity contribution in [3.05, 3.63) is 58.1 Å². The Labute approximate surface area is 180 Å². The van der Waals surface area contributed by atoms with Crippen LogP contribution in [0.3, 0.4) is 0 Å². The predicted molar refractivity (Wildman–Crippen MR) is 114 cm³/mol. The first-order valence-electron chi connectivity index (χ1n) is 9.14. The zero-order valence-electron chi connectivity index (χ0n) is 16.6.